The van der Waals surface area contributed by atoms with Gasteiger partial charge in [-0.15, -0.1) is 10.2 Å². The van der Waals surface area contributed by atoms with Crippen molar-refractivity contribution in [2.75, 3.05) is 16.9 Å². The first kappa shape index (κ1) is 19.3. The van der Waals surface area contributed by atoms with Gasteiger partial charge in [-0.3, -0.25) is 4.79 Å². The third-order valence-corrected chi connectivity index (χ3v) is 4.80. The highest BCUT2D eigenvalue weighted by molar-refractivity contribution is 7.99. The second-order valence-corrected chi connectivity index (χ2v) is 7.98. The van der Waals surface area contributed by atoms with Gasteiger partial charge in [0.25, 0.3) is 0 Å². The number of thioether (sulfide) groups is 1. The number of nitrogen functional groups attached to an aromatic ring is 1. The second-order valence-electron chi connectivity index (χ2n) is 7.04. The molecule has 0 spiro atoms. The summed E-state index contributed by atoms with van der Waals surface area (Å²) < 4.78 is 1.48. The average molecular weight is 362 g/mol. The van der Waals surface area contributed by atoms with Crippen LogP contribution in [0.15, 0.2) is 29.4 Å². The number of nitrogens with zero attached hydrogens (tertiary/aromatic N) is 3. The van der Waals surface area contributed by atoms with Gasteiger partial charge in [-0.05, 0) is 29.5 Å². The van der Waals surface area contributed by atoms with Crippen LogP contribution in [-0.2, 0) is 16.6 Å². The number of hydrogen-bond donors (Lipinski definition) is 2. The van der Waals surface area contributed by atoms with E-state index in [1.54, 1.807) is 0 Å². The molecule has 1 heterocycles. The van der Waals surface area contributed by atoms with Crippen molar-refractivity contribution in [3.63, 3.8) is 0 Å². The third kappa shape index (κ3) is 5.49. The van der Waals surface area contributed by atoms with E-state index >= 15 is 0 Å². The number of nitrogens with two attached hydrogens (primary N) is 1. The lowest BCUT2D eigenvalue weighted by atomic mass is 9.87. The van der Waals surface area contributed by atoms with Crippen molar-refractivity contribution in [1.29, 1.82) is 0 Å². The fraction of sp³-hybridized carbons (Fsp3) is 0.500. The Kier molecular flexibility index (Phi) is 6.47. The zero-order valence-corrected chi connectivity index (χ0v) is 16.2. The topological polar surface area (TPSA) is 85.8 Å². The molecule has 0 radical (unpaired) electrons. The number of aromatic nitrogens is 3. The molecule has 1 aromatic heterocycles. The quantitative estimate of drug-likeness (QED) is 0.583. The van der Waals surface area contributed by atoms with Gasteiger partial charge in [-0.25, -0.2) is 4.68 Å². The van der Waals surface area contributed by atoms with Crippen molar-refractivity contribution in [2.24, 2.45) is 0 Å². The van der Waals surface area contributed by atoms with Gasteiger partial charge in [0, 0.05) is 12.1 Å². The van der Waals surface area contributed by atoms with Gasteiger partial charge >= 0.3 is 0 Å². The zero-order valence-electron chi connectivity index (χ0n) is 15.4. The van der Waals surface area contributed by atoms with Crippen LogP contribution in [0.1, 0.15) is 51.9 Å². The van der Waals surface area contributed by atoms with E-state index in [1.165, 1.54) is 22.0 Å². The highest BCUT2D eigenvalue weighted by Gasteiger charge is 2.14. The van der Waals surface area contributed by atoms with Crippen LogP contribution in [0.5, 0.6) is 0 Å². The van der Waals surface area contributed by atoms with E-state index in [0.29, 0.717) is 5.16 Å². The van der Waals surface area contributed by atoms with E-state index in [-0.39, 0.29) is 17.1 Å². The minimum atomic E-state index is -0.0911. The van der Waals surface area contributed by atoms with Gasteiger partial charge in [-0.2, -0.15) is 0 Å². The normalized spacial score (nSPS) is 11.5. The van der Waals surface area contributed by atoms with Crippen molar-refractivity contribution < 1.29 is 4.79 Å². The van der Waals surface area contributed by atoms with Crippen LogP contribution < -0.4 is 11.2 Å². The summed E-state index contributed by atoms with van der Waals surface area (Å²) >= 11 is 1.29. The Morgan fingerprint density at radius 1 is 1.24 bits per heavy atom. The molecule has 136 valence electrons. The van der Waals surface area contributed by atoms with Crippen LogP contribution >= 0.6 is 11.8 Å². The van der Waals surface area contributed by atoms with E-state index in [2.05, 4.69) is 43.2 Å². The summed E-state index contributed by atoms with van der Waals surface area (Å²) in [4.78, 5) is 12.1. The summed E-state index contributed by atoms with van der Waals surface area (Å²) in [5.74, 6) is 6.88. The minimum Gasteiger partial charge on any atom is -0.336 e. The van der Waals surface area contributed by atoms with Crippen LogP contribution in [0.3, 0.4) is 0 Å². The number of carbonyl (C=O) groups excluding carboxylic acids is 1. The van der Waals surface area contributed by atoms with Crippen LogP contribution in [0.25, 0.3) is 0 Å². The lowest BCUT2D eigenvalue weighted by Gasteiger charge is -2.19. The fourth-order valence-corrected chi connectivity index (χ4v) is 2.97. The van der Waals surface area contributed by atoms with Crippen LogP contribution in [0.2, 0.25) is 0 Å². The molecule has 1 amide bonds. The number of amides is 1. The Labute approximate surface area is 153 Å². The number of carbonyl (C=O) groups is 1. The highest BCUT2D eigenvalue weighted by Crippen LogP contribution is 2.23. The van der Waals surface area contributed by atoms with Crippen molar-refractivity contribution in [1.82, 2.24) is 14.9 Å². The number of unbranched alkanes of at least 4 members (excludes halogenated alkanes) is 1. The molecule has 0 aliphatic heterocycles. The predicted octanol–water partition coefficient (Wildman–Crippen LogP) is 3.36. The van der Waals surface area contributed by atoms with E-state index in [9.17, 15) is 4.79 Å². The number of aryl methyl sites for hydroxylation is 1. The van der Waals surface area contributed by atoms with Crippen molar-refractivity contribution in [2.45, 2.75) is 57.5 Å². The van der Waals surface area contributed by atoms with Crippen LogP contribution in [-0.4, -0.2) is 26.5 Å². The smallest absolute Gasteiger partial charge is 0.234 e. The first-order valence-corrected chi connectivity index (χ1v) is 9.52. The molecule has 7 heteroatoms. The average Bonchev–Trinajstić information content (AvgIpc) is 2.91. The molecule has 0 unspecified atom stereocenters. The van der Waals surface area contributed by atoms with Gasteiger partial charge in [0.1, 0.15) is 0 Å². The number of rotatable bonds is 7. The summed E-state index contributed by atoms with van der Waals surface area (Å²) in [5.41, 5.74) is 2.12. The maximum Gasteiger partial charge on any atom is 0.234 e. The lowest BCUT2D eigenvalue weighted by molar-refractivity contribution is -0.113. The Morgan fingerprint density at radius 2 is 1.92 bits per heavy atom. The molecular formula is C18H27N5OS. The van der Waals surface area contributed by atoms with Gasteiger partial charge in [0.15, 0.2) is 5.82 Å². The van der Waals surface area contributed by atoms with Gasteiger partial charge in [0.2, 0.25) is 11.1 Å². The predicted molar refractivity (Wildman–Crippen MR) is 103 cm³/mol. The molecule has 0 fully saturated rings. The maximum atomic E-state index is 12.1. The molecule has 2 rings (SSSR count). The molecule has 6 nitrogen and oxygen atoms in total. The summed E-state index contributed by atoms with van der Waals surface area (Å²) in [6.45, 7) is 8.60. The Balaban J connectivity index is 1.87. The highest BCUT2D eigenvalue weighted by atomic mass is 32.2. The SMILES string of the molecule is CCCCc1nnc(SCC(=O)Nc2ccc(C(C)(C)C)cc2)n1N. The molecule has 0 bridgehead atoms. The summed E-state index contributed by atoms with van der Waals surface area (Å²) in [6.07, 6.45) is 2.89. The molecule has 0 saturated carbocycles. The first-order valence-electron chi connectivity index (χ1n) is 8.54. The second kappa shape index (κ2) is 8.38. The van der Waals surface area contributed by atoms with Crippen LogP contribution in [0, 0.1) is 0 Å². The Hall–Kier alpha value is -2.02. The van der Waals surface area contributed by atoms with Crippen molar-refractivity contribution in [3.8, 4) is 0 Å². The largest absolute Gasteiger partial charge is 0.336 e. The maximum absolute atomic E-state index is 12.1. The number of anilines is 1. The molecule has 0 aliphatic rings. The summed E-state index contributed by atoms with van der Waals surface area (Å²) in [7, 11) is 0. The van der Waals surface area contributed by atoms with Gasteiger partial charge in [-0.1, -0.05) is 58.0 Å². The summed E-state index contributed by atoms with van der Waals surface area (Å²) in [6, 6.07) is 7.94. The lowest BCUT2D eigenvalue weighted by Crippen LogP contribution is -2.17. The molecule has 0 saturated heterocycles. The zero-order chi connectivity index (χ0) is 18.4. The molecule has 3 N–H and O–H groups in total. The summed E-state index contributed by atoms with van der Waals surface area (Å²) in [5, 5.41) is 11.6. The van der Waals surface area contributed by atoms with Gasteiger partial charge < -0.3 is 11.2 Å². The van der Waals surface area contributed by atoms with E-state index in [0.717, 1.165) is 30.8 Å². The monoisotopic (exact) mass is 361 g/mol. The molecule has 25 heavy (non-hydrogen) atoms. The van der Waals surface area contributed by atoms with Crippen LogP contribution in [0.4, 0.5) is 5.69 Å². The molecular weight excluding hydrogens is 334 g/mol. The Bertz CT molecular complexity index is 703. The molecule has 2 aromatic rings. The van der Waals surface area contributed by atoms with E-state index in [4.69, 9.17) is 5.84 Å². The van der Waals surface area contributed by atoms with Crippen molar-refractivity contribution >= 4 is 23.4 Å². The van der Waals surface area contributed by atoms with Gasteiger partial charge in [0.05, 0.1) is 5.75 Å². The third-order valence-electron chi connectivity index (χ3n) is 3.86. The number of nitrogens with one attached hydrogen (secondary N) is 1. The fourth-order valence-electron chi connectivity index (χ4n) is 2.29. The minimum absolute atomic E-state index is 0.0911. The number of benzene rings is 1. The first-order chi connectivity index (χ1) is 11.8. The standard InChI is InChI=1S/C18H27N5OS/c1-5-6-7-15-21-22-17(23(15)19)25-12-16(24)20-14-10-8-13(9-11-14)18(2,3)4/h8-11H,5-7,12,19H2,1-4H3,(H,20,24). The molecule has 0 atom stereocenters. The Morgan fingerprint density at radius 3 is 2.52 bits per heavy atom. The molecule has 0 aliphatic carbocycles. The molecule has 1 aromatic carbocycles. The number of hydrogen-bond acceptors (Lipinski definition) is 5. The van der Waals surface area contributed by atoms with E-state index < -0.39 is 0 Å². The van der Waals surface area contributed by atoms with E-state index in [1.807, 2.05) is 24.3 Å². The van der Waals surface area contributed by atoms with Crippen molar-refractivity contribution in [3.05, 3.63) is 35.7 Å².